The van der Waals surface area contributed by atoms with Crippen molar-refractivity contribution < 1.29 is 0 Å². The van der Waals surface area contributed by atoms with Gasteiger partial charge in [-0.3, -0.25) is 4.98 Å². The second-order valence-corrected chi connectivity index (χ2v) is 3.10. The fraction of sp³-hybridized carbons (Fsp3) is 0.444. The zero-order valence-corrected chi connectivity index (χ0v) is 7.26. The van der Waals surface area contributed by atoms with Crippen molar-refractivity contribution in [3.8, 4) is 0 Å². The van der Waals surface area contributed by atoms with Crippen LogP contribution in [-0.2, 0) is 0 Å². The van der Waals surface area contributed by atoms with Gasteiger partial charge in [0.05, 0.1) is 11.9 Å². The highest BCUT2D eigenvalue weighted by Crippen LogP contribution is 2.18. The Kier molecular flexibility index (Phi) is 2.13. The van der Waals surface area contributed by atoms with Gasteiger partial charge in [-0.05, 0) is 24.5 Å². The Labute approximate surface area is 67.5 Å². The molecule has 0 bridgehead atoms. The number of pyridine rings is 1. The topological polar surface area (TPSA) is 38.9 Å². The first kappa shape index (κ1) is 8.05. The average molecular weight is 150 g/mol. The predicted octanol–water partition coefficient (Wildman–Crippen LogP) is 2.10. The molecule has 0 aromatic carbocycles. The summed E-state index contributed by atoms with van der Waals surface area (Å²) in [5, 5.41) is 0. The molecule has 0 fully saturated rings. The van der Waals surface area contributed by atoms with Crippen LogP contribution >= 0.6 is 0 Å². The SMILES string of the molecule is Cc1ncc(N)cc1C(C)C. The molecule has 0 aliphatic rings. The standard InChI is InChI=1S/C9H14N2/c1-6(2)9-4-8(10)5-11-7(9)3/h4-6H,10H2,1-3H3. The van der Waals surface area contributed by atoms with Gasteiger partial charge in [0, 0.05) is 5.69 Å². The summed E-state index contributed by atoms with van der Waals surface area (Å²) >= 11 is 0. The van der Waals surface area contributed by atoms with Crippen molar-refractivity contribution in [3.63, 3.8) is 0 Å². The number of anilines is 1. The lowest BCUT2D eigenvalue weighted by atomic mass is 10.0. The molecule has 0 amide bonds. The third-order valence-electron chi connectivity index (χ3n) is 1.77. The van der Waals surface area contributed by atoms with Gasteiger partial charge in [-0.15, -0.1) is 0 Å². The number of hydrogen-bond acceptors (Lipinski definition) is 2. The largest absolute Gasteiger partial charge is 0.397 e. The number of aryl methyl sites for hydroxylation is 1. The summed E-state index contributed by atoms with van der Waals surface area (Å²) in [6, 6.07) is 1.99. The third kappa shape index (κ3) is 1.70. The molecular formula is C9H14N2. The maximum absolute atomic E-state index is 5.60. The fourth-order valence-electron chi connectivity index (χ4n) is 1.15. The van der Waals surface area contributed by atoms with E-state index in [1.165, 1.54) is 5.56 Å². The third-order valence-corrected chi connectivity index (χ3v) is 1.77. The van der Waals surface area contributed by atoms with Crippen LogP contribution in [0.2, 0.25) is 0 Å². The van der Waals surface area contributed by atoms with Crippen LogP contribution in [0.3, 0.4) is 0 Å². The Morgan fingerprint density at radius 3 is 2.55 bits per heavy atom. The lowest BCUT2D eigenvalue weighted by Crippen LogP contribution is -1.97. The van der Waals surface area contributed by atoms with Gasteiger partial charge < -0.3 is 5.73 Å². The molecule has 2 N–H and O–H groups in total. The first-order valence-corrected chi connectivity index (χ1v) is 3.83. The van der Waals surface area contributed by atoms with Crippen LogP contribution < -0.4 is 5.73 Å². The smallest absolute Gasteiger partial charge is 0.0503 e. The van der Waals surface area contributed by atoms with Gasteiger partial charge >= 0.3 is 0 Å². The highest BCUT2D eigenvalue weighted by molar-refractivity contribution is 5.40. The molecule has 0 unspecified atom stereocenters. The molecule has 0 aliphatic carbocycles. The van der Waals surface area contributed by atoms with Gasteiger partial charge in [0.2, 0.25) is 0 Å². The van der Waals surface area contributed by atoms with Crippen LogP contribution in [0.15, 0.2) is 12.3 Å². The molecule has 2 nitrogen and oxygen atoms in total. The van der Waals surface area contributed by atoms with E-state index in [9.17, 15) is 0 Å². The van der Waals surface area contributed by atoms with E-state index in [2.05, 4.69) is 18.8 Å². The van der Waals surface area contributed by atoms with E-state index in [4.69, 9.17) is 5.73 Å². The molecule has 60 valence electrons. The van der Waals surface area contributed by atoms with E-state index in [-0.39, 0.29) is 0 Å². The van der Waals surface area contributed by atoms with E-state index in [1.807, 2.05) is 13.0 Å². The second-order valence-electron chi connectivity index (χ2n) is 3.10. The van der Waals surface area contributed by atoms with Crippen molar-refractivity contribution in [2.24, 2.45) is 0 Å². The van der Waals surface area contributed by atoms with Crippen LogP contribution in [0.1, 0.15) is 31.0 Å². The van der Waals surface area contributed by atoms with E-state index >= 15 is 0 Å². The molecule has 0 radical (unpaired) electrons. The summed E-state index contributed by atoms with van der Waals surface area (Å²) < 4.78 is 0. The zero-order valence-electron chi connectivity index (χ0n) is 7.26. The van der Waals surface area contributed by atoms with Gasteiger partial charge in [0.1, 0.15) is 0 Å². The monoisotopic (exact) mass is 150 g/mol. The molecule has 0 saturated carbocycles. The number of rotatable bonds is 1. The number of nitrogens with two attached hydrogens (primary N) is 1. The Morgan fingerprint density at radius 1 is 1.45 bits per heavy atom. The summed E-state index contributed by atoms with van der Waals surface area (Å²) in [7, 11) is 0. The maximum Gasteiger partial charge on any atom is 0.0503 e. The van der Waals surface area contributed by atoms with Crippen molar-refractivity contribution in [1.29, 1.82) is 0 Å². The van der Waals surface area contributed by atoms with Crippen LogP contribution in [0, 0.1) is 6.92 Å². The number of hydrogen-bond donors (Lipinski definition) is 1. The molecule has 0 spiro atoms. The van der Waals surface area contributed by atoms with E-state index < -0.39 is 0 Å². The van der Waals surface area contributed by atoms with Gasteiger partial charge in [0.25, 0.3) is 0 Å². The van der Waals surface area contributed by atoms with Crippen molar-refractivity contribution in [1.82, 2.24) is 4.98 Å². The minimum Gasteiger partial charge on any atom is -0.397 e. The van der Waals surface area contributed by atoms with Crippen LogP contribution in [0.25, 0.3) is 0 Å². The average Bonchev–Trinajstić information content (AvgIpc) is 1.94. The minimum absolute atomic E-state index is 0.506. The van der Waals surface area contributed by atoms with Crippen LogP contribution in [0.4, 0.5) is 5.69 Å². The summed E-state index contributed by atoms with van der Waals surface area (Å²) in [6.45, 7) is 6.29. The normalized spacial score (nSPS) is 10.5. The lowest BCUT2D eigenvalue weighted by molar-refractivity contribution is 0.844. The highest BCUT2D eigenvalue weighted by Gasteiger charge is 2.03. The van der Waals surface area contributed by atoms with Gasteiger partial charge in [0.15, 0.2) is 0 Å². The van der Waals surface area contributed by atoms with Crippen LogP contribution in [-0.4, -0.2) is 4.98 Å². The van der Waals surface area contributed by atoms with Crippen molar-refractivity contribution in [3.05, 3.63) is 23.5 Å². The molecule has 0 saturated heterocycles. The van der Waals surface area contributed by atoms with Crippen molar-refractivity contribution in [2.75, 3.05) is 5.73 Å². The molecule has 1 aromatic rings. The molecule has 0 aliphatic heterocycles. The van der Waals surface area contributed by atoms with Crippen LogP contribution in [0.5, 0.6) is 0 Å². The number of nitrogens with zero attached hydrogens (tertiary/aromatic N) is 1. The quantitative estimate of drug-likeness (QED) is 0.665. The minimum atomic E-state index is 0.506. The molecule has 1 heterocycles. The Balaban J connectivity index is 3.13. The van der Waals surface area contributed by atoms with Gasteiger partial charge in [-0.2, -0.15) is 0 Å². The van der Waals surface area contributed by atoms with E-state index in [1.54, 1.807) is 6.20 Å². The Morgan fingerprint density at radius 2 is 2.09 bits per heavy atom. The highest BCUT2D eigenvalue weighted by atomic mass is 14.7. The Hall–Kier alpha value is -1.05. The Bertz CT molecular complexity index is 254. The fourth-order valence-corrected chi connectivity index (χ4v) is 1.15. The second kappa shape index (κ2) is 2.91. The van der Waals surface area contributed by atoms with Gasteiger partial charge in [-0.1, -0.05) is 13.8 Å². The van der Waals surface area contributed by atoms with Gasteiger partial charge in [-0.25, -0.2) is 0 Å². The van der Waals surface area contributed by atoms with Crippen molar-refractivity contribution in [2.45, 2.75) is 26.7 Å². The molecule has 1 rings (SSSR count). The molecule has 1 aromatic heterocycles. The summed E-state index contributed by atoms with van der Waals surface area (Å²) in [5.41, 5.74) is 8.67. The lowest BCUT2D eigenvalue weighted by Gasteiger charge is -2.08. The van der Waals surface area contributed by atoms with Crippen molar-refractivity contribution >= 4 is 5.69 Å². The molecule has 2 heteroatoms. The number of nitrogen functional groups attached to an aromatic ring is 1. The van der Waals surface area contributed by atoms with E-state index in [0.717, 1.165) is 11.4 Å². The molecular weight excluding hydrogens is 136 g/mol. The first-order chi connectivity index (χ1) is 5.11. The summed E-state index contributed by atoms with van der Waals surface area (Å²) in [5.74, 6) is 0.506. The molecule has 11 heavy (non-hydrogen) atoms. The number of aromatic nitrogens is 1. The predicted molar refractivity (Wildman–Crippen MR) is 47.5 cm³/mol. The summed E-state index contributed by atoms with van der Waals surface area (Å²) in [6.07, 6.45) is 1.70. The summed E-state index contributed by atoms with van der Waals surface area (Å²) in [4.78, 5) is 4.17. The molecule has 0 atom stereocenters. The zero-order chi connectivity index (χ0) is 8.43. The van der Waals surface area contributed by atoms with E-state index in [0.29, 0.717) is 5.92 Å². The first-order valence-electron chi connectivity index (χ1n) is 3.83. The maximum atomic E-state index is 5.60.